The first-order valence-electron chi connectivity index (χ1n) is 47.1. The topological polar surface area (TPSA) is 84.4 Å². The summed E-state index contributed by atoms with van der Waals surface area (Å²) in [6.45, 7) is 4.70. The highest BCUT2D eigenvalue weighted by Crippen LogP contribution is 2.52. The molecule has 0 unspecified atom stereocenters. The van der Waals surface area contributed by atoms with Gasteiger partial charge in [0.15, 0.2) is 5.82 Å². The second-order valence-corrected chi connectivity index (χ2v) is 36.3. The Bertz CT molecular complexity index is 9350. The molecule has 648 valence electrons. The number of fused-ring (bicyclic) bond motifs is 20. The Balaban J connectivity index is 0.000000109. The minimum Gasteiger partial charge on any atom is -0.455 e. The summed E-state index contributed by atoms with van der Waals surface area (Å²) in [4.78, 5) is 20.4. The van der Waals surface area contributed by atoms with E-state index >= 15 is 0 Å². The van der Waals surface area contributed by atoms with Crippen molar-refractivity contribution in [2.75, 3.05) is 0 Å². The zero-order valence-corrected chi connectivity index (χ0v) is 75.7. The molecule has 0 spiro atoms. The number of benzene rings is 20. The summed E-state index contributed by atoms with van der Waals surface area (Å²) in [5, 5.41) is 13.0. The molecule has 9 heteroatoms. The lowest BCUT2D eigenvalue weighted by Crippen LogP contribution is -2.14. The van der Waals surface area contributed by atoms with Gasteiger partial charge in [0.05, 0.1) is 72.1 Å². The van der Waals surface area contributed by atoms with Crippen molar-refractivity contribution in [3.63, 3.8) is 0 Å². The molecule has 20 aromatic carbocycles. The van der Waals surface area contributed by atoms with Crippen molar-refractivity contribution in [3.05, 3.63) is 496 Å². The molecule has 0 amide bonds. The summed E-state index contributed by atoms with van der Waals surface area (Å²) in [5.41, 5.74) is 37.4. The van der Waals surface area contributed by atoms with Crippen molar-refractivity contribution in [1.82, 2.24) is 38.2 Å². The van der Waals surface area contributed by atoms with Crippen LogP contribution in [-0.4, -0.2) is 38.2 Å². The van der Waals surface area contributed by atoms with Gasteiger partial charge in [-0.15, -0.1) is 0 Å². The molecule has 0 saturated carbocycles. The standard InChI is InChI=1S/C50H32N4.C43H31N3.C36H23NO/c1-3-14-33(15-4-1)35-18-13-19-38(30-35)53-45-24-11-8-20-39(45)42-31-36(26-28-47(42)53)37-27-29-48-43(32-37)40-21-9-12-25-46(40)54(48)50-51-44-23-10-7-22-41(44)49(52-50)34-16-5-2-6-17-34;1-43(2)36-19-11-9-17-32(36)34-26-41-35(25-37(34)43)33-18-10-12-20-40(33)46(41)31-23-21-29(22-24-31)39-27-38(28-13-5-3-6-14-28)44-42(45-39)30-15-7-4-8-16-30;1-3-11-24(12-4-1)26-21-27(25-13-5-2-6-14-25)23-28(22-26)37-32-17-9-7-16-31(32)35-33(37)20-19-30-29-15-8-10-18-34(29)38-36(30)35/h1-32H;3-27H,1-2H3;1-23H. The maximum Gasteiger partial charge on any atom is 0.235 e. The van der Waals surface area contributed by atoms with Crippen LogP contribution in [0.1, 0.15) is 25.0 Å². The Morgan fingerprint density at radius 1 is 0.210 bits per heavy atom. The molecule has 1 aliphatic rings. The van der Waals surface area contributed by atoms with Crippen LogP contribution in [0.5, 0.6) is 0 Å². The highest BCUT2D eigenvalue weighted by atomic mass is 16.3. The Kier molecular flexibility index (Phi) is 19.4. The van der Waals surface area contributed by atoms with Crippen molar-refractivity contribution >= 4 is 120 Å². The van der Waals surface area contributed by atoms with Crippen LogP contribution in [0.15, 0.2) is 490 Å². The number of rotatable bonds is 12. The number of furan rings is 1. The quantitative estimate of drug-likeness (QED) is 0.122. The van der Waals surface area contributed by atoms with E-state index in [2.05, 4.69) is 475 Å². The van der Waals surface area contributed by atoms with E-state index in [1.807, 2.05) is 42.5 Å². The third-order valence-electron chi connectivity index (χ3n) is 27.9. The normalized spacial score (nSPS) is 12.2. The predicted molar refractivity (Wildman–Crippen MR) is 574 cm³/mol. The summed E-state index contributed by atoms with van der Waals surface area (Å²) in [6.07, 6.45) is 0. The van der Waals surface area contributed by atoms with E-state index in [-0.39, 0.29) is 5.41 Å². The van der Waals surface area contributed by atoms with Crippen LogP contribution < -0.4 is 0 Å². The molecular formula is C129H86N8O. The minimum atomic E-state index is -0.0419. The van der Waals surface area contributed by atoms with Crippen LogP contribution in [0.25, 0.3) is 244 Å². The SMILES string of the molecule is CC1(C)c2ccccc2-c2cc3c(cc21)c1ccccc1n3-c1ccc(-c2cc(-c3ccccc3)nc(-c3ccccc3)n2)cc1.c1ccc(-c2cc(-c3ccccc3)cc(-n3c4ccccc4c4c5oc6ccccc6c5ccc43)c2)cc1.c1ccc(-c2cccc(-n3c4ccccc4c4cc(-c5ccc6c(c5)c5ccccc5n6-c5nc(-c6ccccc6)c6ccccc6n5)ccc43)c2)cc1. The van der Waals surface area contributed by atoms with Crippen LogP contribution in [-0.2, 0) is 5.41 Å². The van der Waals surface area contributed by atoms with Gasteiger partial charge in [0.2, 0.25) is 5.95 Å². The lowest BCUT2D eigenvalue weighted by Gasteiger charge is -2.21. The van der Waals surface area contributed by atoms with Crippen molar-refractivity contribution in [1.29, 1.82) is 0 Å². The Hall–Kier alpha value is -18.2. The molecule has 1 aliphatic carbocycles. The van der Waals surface area contributed by atoms with Crippen LogP contribution in [0.3, 0.4) is 0 Å². The predicted octanol–water partition coefficient (Wildman–Crippen LogP) is 33.7. The van der Waals surface area contributed by atoms with Crippen LogP contribution in [0.2, 0.25) is 0 Å². The largest absolute Gasteiger partial charge is 0.455 e. The average Bonchev–Trinajstić information content (AvgIpc) is 1.55. The molecule has 0 aliphatic heterocycles. The van der Waals surface area contributed by atoms with E-state index < -0.39 is 0 Å². The zero-order chi connectivity index (χ0) is 91.5. The Labute approximate surface area is 796 Å². The number of hydrogen-bond donors (Lipinski definition) is 0. The van der Waals surface area contributed by atoms with Gasteiger partial charge in [0.25, 0.3) is 0 Å². The zero-order valence-electron chi connectivity index (χ0n) is 75.7. The fourth-order valence-corrected chi connectivity index (χ4v) is 21.4. The molecule has 0 atom stereocenters. The van der Waals surface area contributed by atoms with E-state index in [1.54, 1.807) is 0 Å². The van der Waals surface area contributed by atoms with Gasteiger partial charge in [-0.25, -0.2) is 19.9 Å². The first-order chi connectivity index (χ1) is 68.2. The fourth-order valence-electron chi connectivity index (χ4n) is 21.4. The molecule has 28 rings (SSSR count). The first kappa shape index (κ1) is 80.7. The third-order valence-corrected chi connectivity index (χ3v) is 27.9. The second kappa shape index (κ2) is 33.2. The van der Waals surface area contributed by atoms with Crippen molar-refractivity contribution in [2.24, 2.45) is 0 Å². The lowest BCUT2D eigenvalue weighted by atomic mass is 9.82. The number of aromatic nitrogens is 8. The molecule has 0 radical (unpaired) electrons. The van der Waals surface area contributed by atoms with Crippen LogP contribution >= 0.6 is 0 Å². The molecule has 0 saturated heterocycles. The highest BCUT2D eigenvalue weighted by Gasteiger charge is 2.37. The molecule has 27 aromatic rings. The molecule has 0 bridgehead atoms. The van der Waals surface area contributed by atoms with Gasteiger partial charge in [-0.05, 0) is 200 Å². The highest BCUT2D eigenvalue weighted by molar-refractivity contribution is 6.24. The first-order valence-corrected chi connectivity index (χ1v) is 47.1. The summed E-state index contributed by atoms with van der Waals surface area (Å²) < 4.78 is 15.9. The smallest absolute Gasteiger partial charge is 0.235 e. The van der Waals surface area contributed by atoms with E-state index in [9.17, 15) is 0 Å². The molecule has 138 heavy (non-hydrogen) atoms. The van der Waals surface area contributed by atoms with Crippen LogP contribution in [0.4, 0.5) is 0 Å². The van der Waals surface area contributed by atoms with Gasteiger partial charge < -0.3 is 18.1 Å². The van der Waals surface area contributed by atoms with E-state index in [0.29, 0.717) is 5.95 Å². The van der Waals surface area contributed by atoms with Gasteiger partial charge in [0, 0.05) is 98.6 Å². The summed E-state index contributed by atoms with van der Waals surface area (Å²) in [7, 11) is 0. The minimum absolute atomic E-state index is 0.0419. The molecule has 0 fully saturated rings. The molecular weight excluding hydrogens is 1680 g/mol. The maximum absolute atomic E-state index is 6.50. The van der Waals surface area contributed by atoms with Gasteiger partial charge in [-0.2, -0.15) is 0 Å². The van der Waals surface area contributed by atoms with Gasteiger partial charge in [-0.1, -0.05) is 366 Å². The van der Waals surface area contributed by atoms with Crippen molar-refractivity contribution in [2.45, 2.75) is 19.3 Å². The van der Waals surface area contributed by atoms with Crippen molar-refractivity contribution < 1.29 is 4.42 Å². The summed E-state index contributed by atoms with van der Waals surface area (Å²) in [5.74, 6) is 1.39. The molecule has 9 nitrogen and oxygen atoms in total. The molecule has 7 aromatic heterocycles. The maximum atomic E-state index is 6.50. The summed E-state index contributed by atoms with van der Waals surface area (Å²) in [6, 6.07) is 173. The van der Waals surface area contributed by atoms with E-state index in [4.69, 9.17) is 24.4 Å². The van der Waals surface area contributed by atoms with Crippen LogP contribution in [0, 0.1) is 0 Å². The number of hydrogen-bond acceptors (Lipinski definition) is 5. The van der Waals surface area contributed by atoms with Crippen molar-refractivity contribution in [3.8, 4) is 124 Å². The number of nitrogens with zero attached hydrogens (tertiary/aromatic N) is 8. The molecule has 0 N–H and O–H groups in total. The summed E-state index contributed by atoms with van der Waals surface area (Å²) >= 11 is 0. The van der Waals surface area contributed by atoms with Gasteiger partial charge in [-0.3, -0.25) is 4.57 Å². The second-order valence-electron chi connectivity index (χ2n) is 36.3. The van der Waals surface area contributed by atoms with E-state index in [0.717, 1.165) is 117 Å². The Morgan fingerprint density at radius 2 is 0.630 bits per heavy atom. The fraction of sp³-hybridized carbons (Fsp3) is 0.0233. The molecule has 7 heterocycles. The van der Waals surface area contributed by atoms with Gasteiger partial charge >= 0.3 is 0 Å². The Morgan fingerprint density at radius 3 is 1.24 bits per heavy atom. The monoisotopic (exact) mass is 1760 g/mol. The van der Waals surface area contributed by atoms with E-state index in [1.165, 1.54) is 132 Å². The third kappa shape index (κ3) is 13.8. The average molecular weight is 1760 g/mol. The lowest BCUT2D eigenvalue weighted by molar-refractivity contribution is 0.661. The van der Waals surface area contributed by atoms with Gasteiger partial charge in [0.1, 0.15) is 11.2 Å². The number of para-hydroxylation sites is 6.